The summed E-state index contributed by atoms with van der Waals surface area (Å²) >= 11 is 0. The smallest absolute Gasteiger partial charge is 0.274 e. The predicted molar refractivity (Wildman–Crippen MR) is 92.2 cm³/mol. The van der Waals surface area contributed by atoms with Crippen LogP contribution in [0.15, 0.2) is 40.9 Å². The summed E-state index contributed by atoms with van der Waals surface area (Å²) in [6.07, 6.45) is 0. The normalized spacial score (nSPS) is 10.4. The van der Waals surface area contributed by atoms with Crippen LogP contribution in [0.3, 0.4) is 0 Å². The molecule has 2 heterocycles. The van der Waals surface area contributed by atoms with Crippen molar-refractivity contribution in [3.05, 3.63) is 53.7 Å². The van der Waals surface area contributed by atoms with Crippen molar-refractivity contribution in [2.45, 2.75) is 13.8 Å². The van der Waals surface area contributed by atoms with Crippen LogP contribution < -0.4 is 15.4 Å². The number of carbonyl (C=O) groups excluding carboxylic acids is 1. The molecule has 1 aromatic carbocycles. The van der Waals surface area contributed by atoms with E-state index < -0.39 is 0 Å². The summed E-state index contributed by atoms with van der Waals surface area (Å²) in [7, 11) is 1.57. The van der Waals surface area contributed by atoms with Crippen molar-refractivity contribution in [1.82, 2.24) is 15.1 Å². The molecule has 0 spiro atoms. The first-order valence-corrected chi connectivity index (χ1v) is 7.55. The van der Waals surface area contributed by atoms with Crippen molar-refractivity contribution in [3.63, 3.8) is 0 Å². The van der Waals surface area contributed by atoms with Crippen LogP contribution in [0.2, 0.25) is 0 Å². The van der Waals surface area contributed by atoms with Gasteiger partial charge in [0.2, 0.25) is 0 Å². The zero-order chi connectivity index (χ0) is 17.8. The summed E-state index contributed by atoms with van der Waals surface area (Å²) in [5.41, 5.74) is 0.847. The van der Waals surface area contributed by atoms with E-state index in [2.05, 4.69) is 25.8 Å². The molecule has 1 amide bonds. The Kier molecular flexibility index (Phi) is 4.60. The number of benzene rings is 1. The molecule has 0 bridgehead atoms. The fourth-order valence-corrected chi connectivity index (χ4v) is 2.20. The highest BCUT2D eigenvalue weighted by molar-refractivity contribution is 6.03. The summed E-state index contributed by atoms with van der Waals surface area (Å²) < 4.78 is 10.1. The SMILES string of the molecule is COc1cccc(NC(=O)c2cc(Nc3cc(C)on3)nc(C)n2)c1. The lowest BCUT2D eigenvalue weighted by Crippen LogP contribution is -2.15. The standard InChI is InChI=1S/C17H17N5O3/c1-10-7-16(22-25-10)21-15-9-14(18-11(2)19-15)17(23)20-12-5-4-6-13(8-12)24-3/h4-9H,1-3H3,(H,20,23)(H,18,19,21,22). The average Bonchev–Trinajstić information content (AvgIpc) is 2.99. The lowest BCUT2D eigenvalue weighted by atomic mass is 10.2. The Bertz CT molecular complexity index is 907. The highest BCUT2D eigenvalue weighted by Gasteiger charge is 2.12. The Labute approximate surface area is 144 Å². The van der Waals surface area contributed by atoms with Crippen LogP contribution in [0, 0.1) is 13.8 Å². The largest absolute Gasteiger partial charge is 0.497 e. The van der Waals surface area contributed by atoms with Crippen molar-refractivity contribution >= 4 is 23.2 Å². The van der Waals surface area contributed by atoms with E-state index in [4.69, 9.17) is 9.26 Å². The van der Waals surface area contributed by atoms with E-state index in [1.165, 1.54) is 0 Å². The van der Waals surface area contributed by atoms with Crippen LogP contribution >= 0.6 is 0 Å². The van der Waals surface area contributed by atoms with Crippen molar-refractivity contribution in [1.29, 1.82) is 0 Å². The van der Waals surface area contributed by atoms with Gasteiger partial charge >= 0.3 is 0 Å². The van der Waals surface area contributed by atoms with Gasteiger partial charge < -0.3 is 19.9 Å². The molecule has 2 aromatic heterocycles. The first kappa shape index (κ1) is 16.4. The molecule has 0 unspecified atom stereocenters. The van der Waals surface area contributed by atoms with E-state index in [9.17, 15) is 4.79 Å². The van der Waals surface area contributed by atoms with Gasteiger partial charge in [0.25, 0.3) is 5.91 Å². The molecule has 0 radical (unpaired) electrons. The number of aryl methyl sites for hydroxylation is 2. The third-order valence-electron chi connectivity index (χ3n) is 3.28. The molecule has 0 aliphatic carbocycles. The molecule has 3 rings (SSSR count). The minimum Gasteiger partial charge on any atom is -0.497 e. The molecule has 8 nitrogen and oxygen atoms in total. The summed E-state index contributed by atoms with van der Waals surface area (Å²) in [6.45, 7) is 3.50. The van der Waals surface area contributed by atoms with Crippen molar-refractivity contribution < 1.29 is 14.1 Å². The molecule has 2 N–H and O–H groups in total. The number of nitrogens with one attached hydrogen (secondary N) is 2. The quantitative estimate of drug-likeness (QED) is 0.736. The predicted octanol–water partition coefficient (Wildman–Crippen LogP) is 3.09. The zero-order valence-corrected chi connectivity index (χ0v) is 14.0. The second kappa shape index (κ2) is 7.00. The maximum atomic E-state index is 12.5. The Morgan fingerprint density at radius 1 is 1.12 bits per heavy atom. The summed E-state index contributed by atoms with van der Waals surface area (Å²) in [5.74, 6) is 2.40. The second-order valence-corrected chi connectivity index (χ2v) is 5.32. The monoisotopic (exact) mass is 339 g/mol. The van der Waals surface area contributed by atoms with Gasteiger partial charge in [-0.05, 0) is 26.0 Å². The van der Waals surface area contributed by atoms with E-state index in [0.717, 1.165) is 0 Å². The van der Waals surface area contributed by atoms with E-state index >= 15 is 0 Å². The van der Waals surface area contributed by atoms with Gasteiger partial charge in [-0.25, -0.2) is 9.97 Å². The number of anilines is 3. The van der Waals surface area contributed by atoms with Gasteiger partial charge in [0.1, 0.15) is 28.8 Å². The number of rotatable bonds is 5. The number of amides is 1. The number of aromatic nitrogens is 3. The molecule has 0 fully saturated rings. The number of nitrogens with zero attached hydrogens (tertiary/aromatic N) is 3. The minimum absolute atomic E-state index is 0.234. The third kappa shape index (κ3) is 4.11. The van der Waals surface area contributed by atoms with E-state index in [0.29, 0.717) is 34.7 Å². The molecule has 0 atom stereocenters. The summed E-state index contributed by atoms with van der Waals surface area (Å²) in [5, 5.41) is 9.61. The van der Waals surface area contributed by atoms with Crippen LogP contribution in [0.25, 0.3) is 0 Å². The van der Waals surface area contributed by atoms with E-state index in [-0.39, 0.29) is 11.6 Å². The fraction of sp³-hybridized carbons (Fsp3) is 0.176. The highest BCUT2D eigenvalue weighted by Crippen LogP contribution is 2.19. The van der Waals surface area contributed by atoms with Gasteiger partial charge in [0.05, 0.1) is 7.11 Å². The van der Waals surface area contributed by atoms with Gasteiger partial charge in [-0.15, -0.1) is 0 Å². The van der Waals surface area contributed by atoms with Gasteiger partial charge in [-0.3, -0.25) is 4.79 Å². The van der Waals surface area contributed by atoms with Gasteiger partial charge in [-0.2, -0.15) is 0 Å². The Morgan fingerprint density at radius 3 is 2.68 bits per heavy atom. The Balaban J connectivity index is 1.79. The molecule has 0 aliphatic rings. The lowest BCUT2D eigenvalue weighted by molar-refractivity contribution is 0.102. The first-order chi connectivity index (χ1) is 12.0. The molecule has 8 heteroatoms. The third-order valence-corrected chi connectivity index (χ3v) is 3.28. The lowest BCUT2D eigenvalue weighted by Gasteiger charge is -2.08. The van der Waals surface area contributed by atoms with E-state index in [1.807, 2.05) is 0 Å². The number of hydrogen-bond acceptors (Lipinski definition) is 7. The Hall–Kier alpha value is -3.42. The molecule has 128 valence electrons. The molecule has 0 saturated heterocycles. The van der Waals surface area contributed by atoms with Crippen molar-refractivity contribution in [2.24, 2.45) is 0 Å². The van der Waals surface area contributed by atoms with Crippen molar-refractivity contribution in [2.75, 3.05) is 17.7 Å². The van der Waals surface area contributed by atoms with Crippen molar-refractivity contribution in [3.8, 4) is 5.75 Å². The van der Waals surface area contributed by atoms with Gasteiger partial charge in [0, 0.05) is 23.9 Å². The number of methoxy groups -OCH3 is 1. The van der Waals surface area contributed by atoms with Crippen LogP contribution in [-0.2, 0) is 0 Å². The summed E-state index contributed by atoms with van der Waals surface area (Å²) in [6, 6.07) is 10.4. The maximum Gasteiger partial charge on any atom is 0.274 e. The van der Waals surface area contributed by atoms with Crippen LogP contribution in [0.5, 0.6) is 5.75 Å². The average molecular weight is 339 g/mol. The topological polar surface area (TPSA) is 102 Å². The van der Waals surface area contributed by atoms with Crippen LogP contribution in [-0.4, -0.2) is 28.1 Å². The molecule has 25 heavy (non-hydrogen) atoms. The van der Waals surface area contributed by atoms with Crippen LogP contribution in [0.4, 0.5) is 17.3 Å². The van der Waals surface area contributed by atoms with E-state index in [1.54, 1.807) is 57.4 Å². The summed E-state index contributed by atoms with van der Waals surface area (Å²) in [4.78, 5) is 20.9. The molecule has 0 aliphatic heterocycles. The number of hydrogen-bond donors (Lipinski definition) is 2. The highest BCUT2D eigenvalue weighted by atomic mass is 16.5. The molecular weight excluding hydrogens is 322 g/mol. The molecule has 3 aromatic rings. The zero-order valence-electron chi connectivity index (χ0n) is 14.0. The minimum atomic E-state index is -0.349. The first-order valence-electron chi connectivity index (χ1n) is 7.55. The maximum absolute atomic E-state index is 12.5. The Morgan fingerprint density at radius 2 is 1.96 bits per heavy atom. The van der Waals surface area contributed by atoms with Gasteiger partial charge in [-0.1, -0.05) is 11.2 Å². The van der Waals surface area contributed by atoms with Crippen LogP contribution in [0.1, 0.15) is 22.1 Å². The second-order valence-electron chi connectivity index (χ2n) is 5.32. The number of ether oxygens (including phenoxy) is 1. The molecule has 0 saturated carbocycles. The van der Waals surface area contributed by atoms with Gasteiger partial charge in [0.15, 0.2) is 5.82 Å². The molecular formula is C17H17N5O3. The number of carbonyl (C=O) groups is 1. The fourth-order valence-electron chi connectivity index (χ4n) is 2.20.